The Hall–Kier alpha value is -8.58. The van der Waals surface area contributed by atoms with Crippen LogP contribution in [0.25, 0.3) is 10.8 Å². The SMILES string of the molecule is C#CC(=O)C1(C=O)C(C)(C(=O)CCCC)C(C(=O)C=C)(C(=O)CC(C)C)C(C(=O)/C=C/C)(C(=O)C(C)(C)C)C(C(=O)CCCCC)(C(=O)c2ccccc2)C1(C(=O)C=C)C(=O)c1c(C(=O)C(C)C)c(C(=O)CCC)c(C(=O)CC)c2c(C(C)=O)c(C=O)ccc12. The van der Waals surface area contributed by atoms with Crippen LogP contribution in [0, 0.1) is 62.1 Å². The first-order valence-corrected chi connectivity index (χ1v) is 30.7. The molecule has 0 N–H and O–H groups in total. The Morgan fingerprint density at radius 3 is 1.63 bits per heavy atom. The fourth-order valence-corrected chi connectivity index (χ4v) is 14.6. The van der Waals surface area contributed by atoms with E-state index in [0.29, 0.717) is 19.1 Å². The third-order valence-electron chi connectivity index (χ3n) is 18.1. The van der Waals surface area contributed by atoms with Crippen LogP contribution >= 0.6 is 0 Å². The molecule has 0 heterocycles. The molecule has 0 bridgehead atoms. The lowest BCUT2D eigenvalue weighted by Crippen LogP contribution is -2.92. The van der Waals surface area contributed by atoms with E-state index in [4.69, 9.17) is 6.42 Å². The highest BCUT2D eigenvalue weighted by molar-refractivity contribution is 6.45. The fourth-order valence-electron chi connectivity index (χ4n) is 14.6. The predicted molar refractivity (Wildman–Crippen MR) is 340 cm³/mol. The lowest BCUT2D eigenvalue weighted by molar-refractivity contribution is -0.242. The van der Waals surface area contributed by atoms with Crippen LogP contribution in [0.1, 0.15) is 240 Å². The van der Waals surface area contributed by atoms with E-state index in [1.54, 1.807) is 26.7 Å². The van der Waals surface area contributed by atoms with E-state index in [1.165, 1.54) is 59.7 Å². The highest BCUT2D eigenvalue weighted by Crippen LogP contribution is 2.83. The molecule has 0 amide bonds. The van der Waals surface area contributed by atoms with Crippen LogP contribution in [0.2, 0.25) is 0 Å². The van der Waals surface area contributed by atoms with Crippen LogP contribution in [0.3, 0.4) is 0 Å². The van der Waals surface area contributed by atoms with Crippen molar-refractivity contribution in [2.75, 3.05) is 0 Å². The molecule has 476 valence electrons. The summed E-state index contributed by atoms with van der Waals surface area (Å²) in [5, 5.41) is -1.48. The topological polar surface area (TPSA) is 273 Å². The Balaban J connectivity index is 3.26. The summed E-state index contributed by atoms with van der Waals surface area (Å²) in [6, 6.07) is 7.80. The molecule has 1 fully saturated rings. The van der Waals surface area contributed by atoms with E-state index < -0.39 is 219 Å². The molecule has 0 radical (unpaired) electrons. The van der Waals surface area contributed by atoms with Crippen LogP contribution in [0.15, 0.2) is 79.9 Å². The lowest BCUT2D eigenvalue weighted by Gasteiger charge is -2.74. The summed E-state index contributed by atoms with van der Waals surface area (Å²) in [6.45, 7) is 25.5. The summed E-state index contributed by atoms with van der Waals surface area (Å²) in [5.41, 5.74) is -34.7. The van der Waals surface area contributed by atoms with Crippen molar-refractivity contribution in [2.24, 2.45) is 49.7 Å². The molecule has 4 rings (SSSR count). The van der Waals surface area contributed by atoms with Crippen molar-refractivity contribution in [1.29, 1.82) is 0 Å². The molecule has 0 saturated heterocycles. The molecule has 90 heavy (non-hydrogen) atoms. The van der Waals surface area contributed by atoms with Crippen LogP contribution in [0.5, 0.6) is 0 Å². The van der Waals surface area contributed by atoms with E-state index in [9.17, 15) is 9.59 Å². The molecule has 6 unspecified atom stereocenters. The van der Waals surface area contributed by atoms with Gasteiger partial charge in [-0.2, -0.15) is 0 Å². The molecule has 16 heteroatoms. The molecular weight excluding hydrogens is 1140 g/mol. The highest BCUT2D eigenvalue weighted by atomic mass is 16.2. The number of Topliss-reactive ketones (excluding diaryl/α,β-unsaturated/α-hetero) is 11. The molecule has 0 aromatic heterocycles. The summed E-state index contributed by atoms with van der Waals surface area (Å²) in [6.07, 6.45) is 3.97. The number of unbranched alkanes of at least 4 members (excludes halogenated alkanes) is 3. The monoisotopic (exact) mass is 1230 g/mol. The predicted octanol–water partition coefficient (Wildman–Crippen LogP) is 12.5. The first-order valence-electron chi connectivity index (χ1n) is 30.7. The van der Waals surface area contributed by atoms with E-state index in [0.717, 1.165) is 58.0 Å². The van der Waals surface area contributed by atoms with Gasteiger partial charge in [0.2, 0.25) is 5.78 Å². The van der Waals surface area contributed by atoms with E-state index >= 15 is 67.1 Å². The minimum absolute atomic E-state index is 0.0411. The largest absolute Gasteiger partial charge is 0.302 e. The number of allylic oxidation sites excluding steroid dienone is 4. The molecule has 16 nitrogen and oxygen atoms in total. The first kappa shape index (κ1) is 73.9. The van der Waals surface area contributed by atoms with Crippen LogP contribution in [-0.4, -0.2) is 93.5 Å². The second-order valence-corrected chi connectivity index (χ2v) is 25.2. The molecule has 3 aromatic rings. The van der Waals surface area contributed by atoms with Gasteiger partial charge in [0.15, 0.2) is 64.1 Å². The number of hydrogen-bond donors (Lipinski definition) is 0. The Morgan fingerprint density at radius 2 is 1.18 bits per heavy atom. The van der Waals surface area contributed by atoms with Crippen molar-refractivity contribution in [3.63, 3.8) is 0 Å². The molecule has 1 aliphatic carbocycles. The van der Waals surface area contributed by atoms with Crippen LogP contribution in [0.4, 0.5) is 0 Å². The summed E-state index contributed by atoms with van der Waals surface area (Å²) in [7, 11) is 0. The number of terminal acetylenes is 1. The van der Waals surface area contributed by atoms with Gasteiger partial charge in [-0.15, -0.1) is 6.42 Å². The van der Waals surface area contributed by atoms with Crippen molar-refractivity contribution in [1.82, 2.24) is 0 Å². The quantitative estimate of drug-likeness (QED) is 0.0102. The standard InChI is InChI=1S/C74H84O16/c1-18-26-29-37-56(85)73(65(88)46-34-30-28-31-35-46)72(53(82)25-8,66(89)60-48-39-38-47(41-75)58(45(13)77)59(48)61(49(78)22-5)62(50(79)32-20-3)63(60)64(87)44(11)12)70(42-76,51(80)23-6)69(17,54(83)36-27-19-2)71(52(81)24-7,57(86)40-43(9)10)74(73,55(84)33-21-4)67(90)68(14,15)16/h6,21,24-25,28,30-31,33-35,38-39,41-44H,7-8,18-20,22,26-27,29,32,36-37,40H2,1-5,9-17H3/b33-21+. The normalized spacial score (nSPS) is 22.3. The number of carbonyl (C=O) groups excluding carboxylic acids is 16. The van der Waals surface area contributed by atoms with Crippen molar-refractivity contribution in [3.8, 4) is 12.3 Å². The molecule has 0 spiro atoms. The maximum Gasteiger partial charge on any atom is 0.221 e. The third-order valence-corrected chi connectivity index (χ3v) is 18.1. The fraction of sp³-hybridized carbons (Fsp3) is 0.459. The van der Waals surface area contributed by atoms with Gasteiger partial charge in [0.1, 0.15) is 50.7 Å². The first-order chi connectivity index (χ1) is 42.2. The minimum Gasteiger partial charge on any atom is -0.302 e. The molecule has 6 atom stereocenters. The maximum atomic E-state index is 19.0. The number of ketones is 14. The number of rotatable bonds is 34. The highest BCUT2D eigenvalue weighted by Gasteiger charge is 3.00. The Kier molecular flexibility index (Phi) is 23.4. The number of hydrogen-bond acceptors (Lipinski definition) is 16. The van der Waals surface area contributed by atoms with Crippen molar-refractivity contribution in [3.05, 3.63) is 119 Å². The van der Waals surface area contributed by atoms with Gasteiger partial charge < -0.3 is 4.79 Å². The minimum atomic E-state index is -4.76. The van der Waals surface area contributed by atoms with Crippen molar-refractivity contribution < 1.29 is 76.7 Å². The summed E-state index contributed by atoms with van der Waals surface area (Å²) in [4.78, 5) is 267. The van der Waals surface area contributed by atoms with Gasteiger partial charge in [-0.25, -0.2) is 0 Å². The zero-order chi connectivity index (χ0) is 68.6. The average Bonchev–Trinajstić information content (AvgIpc) is 0.609. The summed E-state index contributed by atoms with van der Waals surface area (Å²) in [5.74, 6) is -23.6. The zero-order valence-electron chi connectivity index (χ0n) is 54.5. The van der Waals surface area contributed by atoms with Crippen molar-refractivity contribution in [2.45, 2.75) is 168 Å². The summed E-state index contributed by atoms with van der Waals surface area (Å²) >= 11 is 0. The van der Waals surface area contributed by atoms with Gasteiger partial charge in [0.05, 0.1) is 5.41 Å². The van der Waals surface area contributed by atoms with Crippen molar-refractivity contribution >= 4 is 104 Å². The van der Waals surface area contributed by atoms with Crippen LogP contribution < -0.4 is 0 Å². The molecule has 3 aromatic carbocycles. The second kappa shape index (κ2) is 28.5. The van der Waals surface area contributed by atoms with Gasteiger partial charge in [0, 0.05) is 87.8 Å². The number of benzene rings is 3. The van der Waals surface area contributed by atoms with Gasteiger partial charge in [-0.3, -0.25) is 71.9 Å². The third kappa shape index (κ3) is 10.4. The molecule has 1 aliphatic rings. The molecule has 0 aliphatic heterocycles. The summed E-state index contributed by atoms with van der Waals surface area (Å²) < 4.78 is 0. The average molecular weight is 1230 g/mol. The smallest absolute Gasteiger partial charge is 0.221 e. The molecular formula is C74H84O16. The van der Waals surface area contributed by atoms with Gasteiger partial charge >= 0.3 is 0 Å². The van der Waals surface area contributed by atoms with E-state index in [2.05, 4.69) is 13.2 Å². The van der Waals surface area contributed by atoms with E-state index in [-0.39, 0.29) is 50.9 Å². The number of fused-ring (bicyclic) bond motifs is 1. The van der Waals surface area contributed by atoms with Gasteiger partial charge in [0.25, 0.3) is 0 Å². The van der Waals surface area contributed by atoms with Gasteiger partial charge in [-0.1, -0.05) is 157 Å². The van der Waals surface area contributed by atoms with Gasteiger partial charge in [-0.05, 0) is 75.5 Å². The number of carbonyl (C=O) groups is 16. The second-order valence-electron chi connectivity index (χ2n) is 25.2. The van der Waals surface area contributed by atoms with Crippen LogP contribution in [-0.2, 0) is 43.2 Å². The Labute approximate surface area is 527 Å². The number of aldehydes is 2. The Morgan fingerprint density at radius 1 is 0.611 bits per heavy atom. The zero-order valence-corrected chi connectivity index (χ0v) is 54.5. The van der Waals surface area contributed by atoms with E-state index in [1.807, 2.05) is 0 Å². The Bertz CT molecular complexity index is 3660. The molecule has 1 saturated carbocycles. The maximum absolute atomic E-state index is 19.0. The lowest BCUT2D eigenvalue weighted by atomic mass is 9.18.